The van der Waals surface area contributed by atoms with Crippen LogP contribution in [0.3, 0.4) is 0 Å². The van der Waals surface area contributed by atoms with E-state index in [9.17, 15) is 0 Å². The molecule has 4 rings (SSSR count). The van der Waals surface area contributed by atoms with Crippen LogP contribution in [0.2, 0.25) is 0 Å². The topological polar surface area (TPSA) is 60.3 Å². The third-order valence-corrected chi connectivity index (χ3v) is 6.92. The molecule has 0 aliphatic carbocycles. The average Bonchev–Trinajstić information content (AvgIpc) is 3.18. The van der Waals surface area contributed by atoms with Crippen LogP contribution in [0.15, 0.2) is 0 Å². The molecular formula is C15H23BrN4O. The second-order valence-corrected chi connectivity index (χ2v) is 7.89. The van der Waals surface area contributed by atoms with Crippen molar-refractivity contribution >= 4 is 15.9 Å². The maximum atomic E-state index is 9.07. The fourth-order valence-corrected chi connectivity index (χ4v) is 5.54. The van der Waals surface area contributed by atoms with Crippen molar-refractivity contribution in [3.8, 4) is 6.07 Å². The molecule has 4 fully saturated rings. The van der Waals surface area contributed by atoms with Gasteiger partial charge in [0.15, 0.2) is 0 Å². The van der Waals surface area contributed by atoms with Crippen molar-refractivity contribution < 1.29 is 4.74 Å². The van der Waals surface area contributed by atoms with Gasteiger partial charge in [-0.25, -0.2) is 0 Å². The van der Waals surface area contributed by atoms with Crippen molar-refractivity contribution in [3.63, 3.8) is 0 Å². The lowest BCUT2D eigenvalue weighted by molar-refractivity contribution is 0.0403. The molecule has 4 saturated heterocycles. The van der Waals surface area contributed by atoms with E-state index in [2.05, 4.69) is 37.5 Å². The van der Waals surface area contributed by atoms with Crippen molar-refractivity contribution in [1.29, 1.82) is 5.26 Å². The Balaban J connectivity index is 1.39. The van der Waals surface area contributed by atoms with E-state index in [-0.39, 0.29) is 18.4 Å². The zero-order valence-electron chi connectivity index (χ0n) is 12.2. The minimum absolute atomic E-state index is 0.184. The summed E-state index contributed by atoms with van der Waals surface area (Å²) in [5.74, 6) is 0.439. The van der Waals surface area contributed by atoms with Crippen LogP contribution in [0.1, 0.15) is 25.7 Å². The summed E-state index contributed by atoms with van der Waals surface area (Å²) in [6.07, 6.45) is 5.05. The molecule has 7 atom stereocenters. The fraction of sp³-hybridized carbons (Fsp3) is 0.933. The molecule has 6 heteroatoms. The third-order valence-electron chi connectivity index (χ3n) is 5.71. The number of hydrogen-bond acceptors (Lipinski definition) is 5. The van der Waals surface area contributed by atoms with Crippen molar-refractivity contribution in [3.05, 3.63) is 0 Å². The molecule has 0 aromatic heterocycles. The van der Waals surface area contributed by atoms with Gasteiger partial charge in [0.2, 0.25) is 0 Å². The molecule has 0 amide bonds. The third kappa shape index (κ3) is 2.53. The van der Waals surface area contributed by atoms with Crippen LogP contribution in [-0.2, 0) is 4.74 Å². The second kappa shape index (κ2) is 5.78. The van der Waals surface area contributed by atoms with Crippen LogP contribution < -0.4 is 10.6 Å². The van der Waals surface area contributed by atoms with Crippen molar-refractivity contribution in [2.75, 3.05) is 19.6 Å². The van der Waals surface area contributed by atoms with Crippen LogP contribution >= 0.6 is 15.9 Å². The highest BCUT2D eigenvalue weighted by atomic mass is 79.9. The predicted molar refractivity (Wildman–Crippen MR) is 83.0 cm³/mol. The summed E-state index contributed by atoms with van der Waals surface area (Å²) in [6.45, 7) is 3.37. The monoisotopic (exact) mass is 354 g/mol. The van der Waals surface area contributed by atoms with Gasteiger partial charge in [0, 0.05) is 35.9 Å². The van der Waals surface area contributed by atoms with Crippen molar-refractivity contribution in [2.24, 2.45) is 5.92 Å². The number of nitrogens with zero attached hydrogens (tertiary/aromatic N) is 2. The molecule has 0 aromatic carbocycles. The average molecular weight is 355 g/mol. The normalized spacial score (nSPS) is 49.8. The van der Waals surface area contributed by atoms with Gasteiger partial charge in [-0.2, -0.15) is 5.26 Å². The summed E-state index contributed by atoms with van der Waals surface area (Å²) in [5, 5.41) is 16.5. The van der Waals surface area contributed by atoms with Gasteiger partial charge in [-0.05, 0) is 32.2 Å². The Hall–Kier alpha value is -0.190. The molecule has 0 spiro atoms. The van der Waals surface area contributed by atoms with Gasteiger partial charge in [0.25, 0.3) is 0 Å². The van der Waals surface area contributed by atoms with E-state index in [1.54, 1.807) is 0 Å². The summed E-state index contributed by atoms with van der Waals surface area (Å²) in [4.78, 5) is 2.97. The van der Waals surface area contributed by atoms with E-state index in [0.29, 0.717) is 16.8 Å². The first kappa shape index (κ1) is 14.4. The number of halogens is 1. The van der Waals surface area contributed by atoms with Crippen LogP contribution in [0.5, 0.6) is 0 Å². The van der Waals surface area contributed by atoms with Gasteiger partial charge in [-0.15, -0.1) is 0 Å². The summed E-state index contributed by atoms with van der Waals surface area (Å²) in [7, 11) is 0. The first-order valence-electron chi connectivity index (χ1n) is 8.19. The Morgan fingerprint density at radius 1 is 1.33 bits per heavy atom. The lowest BCUT2D eigenvalue weighted by Crippen LogP contribution is -2.62. The molecule has 0 aromatic rings. The van der Waals surface area contributed by atoms with E-state index >= 15 is 0 Å². The lowest BCUT2D eigenvalue weighted by atomic mass is 9.90. The molecule has 4 aliphatic rings. The molecule has 21 heavy (non-hydrogen) atoms. The first-order chi connectivity index (χ1) is 10.3. The molecule has 4 aliphatic heterocycles. The molecule has 2 N–H and O–H groups in total. The van der Waals surface area contributed by atoms with E-state index in [1.165, 1.54) is 32.4 Å². The van der Waals surface area contributed by atoms with Crippen LogP contribution in [0.25, 0.3) is 0 Å². The number of fused-ring (bicyclic) bond motifs is 2. The Morgan fingerprint density at radius 3 is 3.10 bits per heavy atom. The highest BCUT2D eigenvalue weighted by Gasteiger charge is 2.47. The van der Waals surface area contributed by atoms with Crippen LogP contribution in [-0.4, -0.2) is 59.8 Å². The zero-order valence-corrected chi connectivity index (χ0v) is 13.8. The molecule has 0 saturated carbocycles. The number of piperidine rings is 1. The van der Waals surface area contributed by atoms with E-state index in [1.807, 2.05) is 0 Å². The highest BCUT2D eigenvalue weighted by Crippen LogP contribution is 2.37. The summed E-state index contributed by atoms with van der Waals surface area (Å²) in [5.41, 5.74) is 0. The zero-order chi connectivity index (χ0) is 14.4. The Bertz CT molecular complexity index is 442. The van der Waals surface area contributed by atoms with Gasteiger partial charge in [0.1, 0.15) is 6.10 Å². The van der Waals surface area contributed by atoms with Gasteiger partial charge >= 0.3 is 0 Å². The largest absolute Gasteiger partial charge is 0.358 e. The van der Waals surface area contributed by atoms with Crippen molar-refractivity contribution in [1.82, 2.24) is 15.5 Å². The molecular weight excluding hydrogens is 332 g/mol. The lowest BCUT2D eigenvalue weighted by Gasteiger charge is -2.39. The summed E-state index contributed by atoms with van der Waals surface area (Å²) >= 11 is 3.87. The van der Waals surface area contributed by atoms with Crippen LogP contribution in [0, 0.1) is 17.2 Å². The number of ether oxygens (including phenoxy) is 1. The Kier molecular flexibility index (Phi) is 3.97. The fourth-order valence-electron chi connectivity index (χ4n) is 4.65. The van der Waals surface area contributed by atoms with E-state index in [0.717, 1.165) is 19.0 Å². The summed E-state index contributed by atoms with van der Waals surface area (Å²) in [6, 6.07) is 3.60. The summed E-state index contributed by atoms with van der Waals surface area (Å²) < 4.78 is 5.78. The van der Waals surface area contributed by atoms with E-state index < -0.39 is 0 Å². The quantitative estimate of drug-likeness (QED) is 0.718. The maximum absolute atomic E-state index is 9.07. The molecule has 0 radical (unpaired) electrons. The minimum Gasteiger partial charge on any atom is -0.358 e. The standard InChI is InChI=1S/C15H23BrN4O/c16-14-10-6-9(7-17)21-13(10)8-18-15(14)19-11-3-5-20-4-1-2-12(11)20/h9-15,18-19H,1-6,8H2/t9?,10?,11-,12-,13?,14?,15?/m1/s1. The highest BCUT2D eigenvalue weighted by molar-refractivity contribution is 9.09. The molecule has 116 valence electrons. The molecule has 5 nitrogen and oxygen atoms in total. The van der Waals surface area contributed by atoms with Gasteiger partial charge in [-0.3, -0.25) is 15.5 Å². The number of alkyl halides is 1. The second-order valence-electron chi connectivity index (χ2n) is 6.83. The number of hydrogen-bond donors (Lipinski definition) is 2. The van der Waals surface area contributed by atoms with Gasteiger partial charge in [0.05, 0.1) is 18.3 Å². The van der Waals surface area contributed by atoms with Crippen molar-refractivity contribution in [2.45, 2.75) is 61.0 Å². The minimum atomic E-state index is -0.225. The molecule has 4 heterocycles. The Labute approximate surface area is 134 Å². The maximum Gasteiger partial charge on any atom is 0.144 e. The van der Waals surface area contributed by atoms with Gasteiger partial charge in [-0.1, -0.05) is 15.9 Å². The first-order valence-corrected chi connectivity index (χ1v) is 9.10. The number of nitrogens with one attached hydrogen (secondary N) is 2. The van der Waals surface area contributed by atoms with Crippen LogP contribution in [0.4, 0.5) is 0 Å². The number of rotatable bonds is 2. The molecule has 0 bridgehead atoms. The SMILES string of the molecule is N#CC1CC2C(CNC(N[C@@H]3CCN4CCC[C@H]34)C2Br)O1. The van der Waals surface area contributed by atoms with Gasteiger partial charge < -0.3 is 4.74 Å². The smallest absolute Gasteiger partial charge is 0.144 e. The van der Waals surface area contributed by atoms with E-state index in [4.69, 9.17) is 10.00 Å². The Morgan fingerprint density at radius 2 is 2.24 bits per heavy atom. The predicted octanol–water partition coefficient (Wildman–Crippen LogP) is 0.803. The molecule has 5 unspecified atom stereocenters. The number of nitriles is 1.